The predicted octanol–water partition coefficient (Wildman–Crippen LogP) is 3.15. The second-order valence-electron chi connectivity index (χ2n) is 5.29. The molecule has 6 N–H and O–H groups in total. The summed E-state index contributed by atoms with van der Waals surface area (Å²) in [6, 6.07) is 0. The Kier molecular flexibility index (Phi) is 11.1. The monoisotopic (exact) mass is 299 g/mol. The standard InChI is InChI=1S/C12H27O5P.H3N/c1-4-5-6-7-8-9-10-11(12(2,3)13)17-18(14,15)16;/h11,13H,4-10H2,1-3H3,(H2,14,15,16);1H3. The first-order valence-corrected chi connectivity index (χ1v) is 8.16. The van der Waals surface area contributed by atoms with Crippen molar-refractivity contribution in [2.45, 2.75) is 77.4 Å². The Labute approximate surface area is 116 Å². The van der Waals surface area contributed by atoms with E-state index >= 15 is 0 Å². The molecular formula is C12H30NO5P. The Bertz CT molecular complexity index is 261. The SMILES string of the molecule is CCCCCCCCC(OP(=O)(O)O)C(C)(C)O.N. The minimum Gasteiger partial charge on any atom is -0.388 e. The number of rotatable bonds is 10. The second-order valence-corrected chi connectivity index (χ2v) is 6.49. The predicted molar refractivity (Wildman–Crippen MR) is 76.2 cm³/mol. The summed E-state index contributed by atoms with van der Waals surface area (Å²) >= 11 is 0. The lowest BCUT2D eigenvalue weighted by Crippen LogP contribution is -2.37. The molecule has 0 fully saturated rings. The first-order valence-electron chi connectivity index (χ1n) is 6.63. The molecule has 0 aliphatic heterocycles. The Morgan fingerprint density at radius 3 is 2.00 bits per heavy atom. The maximum absolute atomic E-state index is 10.8. The molecule has 0 radical (unpaired) electrons. The van der Waals surface area contributed by atoms with Gasteiger partial charge < -0.3 is 21.0 Å². The van der Waals surface area contributed by atoms with E-state index in [2.05, 4.69) is 11.4 Å². The molecular weight excluding hydrogens is 269 g/mol. The highest BCUT2D eigenvalue weighted by Crippen LogP contribution is 2.41. The van der Waals surface area contributed by atoms with Crippen molar-refractivity contribution < 1.29 is 24.0 Å². The molecule has 0 spiro atoms. The van der Waals surface area contributed by atoms with Crippen molar-refractivity contribution in [3.8, 4) is 0 Å². The summed E-state index contributed by atoms with van der Waals surface area (Å²) in [7, 11) is -4.54. The van der Waals surface area contributed by atoms with Gasteiger partial charge >= 0.3 is 7.82 Å². The summed E-state index contributed by atoms with van der Waals surface area (Å²) in [5, 5.41) is 9.81. The molecule has 0 aliphatic rings. The lowest BCUT2D eigenvalue weighted by molar-refractivity contribution is -0.0497. The maximum Gasteiger partial charge on any atom is 0.469 e. The molecule has 1 unspecified atom stereocenters. The average Bonchev–Trinajstić information content (AvgIpc) is 2.18. The highest BCUT2D eigenvalue weighted by molar-refractivity contribution is 7.46. The highest BCUT2D eigenvalue weighted by Gasteiger charge is 2.33. The van der Waals surface area contributed by atoms with Crippen LogP contribution in [0, 0.1) is 0 Å². The van der Waals surface area contributed by atoms with Gasteiger partial charge in [0.25, 0.3) is 0 Å². The molecule has 0 rings (SSSR count). The van der Waals surface area contributed by atoms with E-state index < -0.39 is 19.5 Å². The van der Waals surface area contributed by atoms with Crippen LogP contribution in [0.2, 0.25) is 0 Å². The van der Waals surface area contributed by atoms with E-state index in [9.17, 15) is 9.67 Å². The zero-order valence-electron chi connectivity index (χ0n) is 12.3. The Morgan fingerprint density at radius 1 is 1.11 bits per heavy atom. The summed E-state index contributed by atoms with van der Waals surface area (Å²) in [6.45, 7) is 5.16. The minimum atomic E-state index is -4.54. The van der Waals surface area contributed by atoms with Crippen molar-refractivity contribution in [1.82, 2.24) is 6.15 Å². The zero-order chi connectivity index (χ0) is 14.2. The number of phosphoric ester groups is 1. The Balaban J connectivity index is 0. The largest absolute Gasteiger partial charge is 0.469 e. The first kappa shape index (κ1) is 21.3. The van der Waals surface area contributed by atoms with Gasteiger partial charge in [-0.05, 0) is 20.3 Å². The molecule has 19 heavy (non-hydrogen) atoms. The Hall–Kier alpha value is 0.0300. The molecule has 0 aliphatic carbocycles. The number of aliphatic hydroxyl groups is 1. The molecule has 7 heteroatoms. The van der Waals surface area contributed by atoms with Crippen molar-refractivity contribution in [1.29, 1.82) is 0 Å². The van der Waals surface area contributed by atoms with Crippen LogP contribution in [0.3, 0.4) is 0 Å². The van der Waals surface area contributed by atoms with Gasteiger partial charge in [-0.1, -0.05) is 45.4 Å². The van der Waals surface area contributed by atoms with Crippen molar-refractivity contribution in [2.24, 2.45) is 0 Å². The topological polar surface area (TPSA) is 122 Å². The van der Waals surface area contributed by atoms with Gasteiger partial charge in [0.15, 0.2) is 0 Å². The second kappa shape index (κ2) is 9.86. The van der Waals surface area contributed by atoms with Crippen LogP contribution in [0.1, 0.15) is 65.7 Å². The Morgan fingerprint density at radius 2 is 1.58 bits per heavy atom. The van der Waals surface area contributed by atoms with Gasteiger partial charge in [-0.25, -0.2) is 4.57 Å². The number of hydrogen-bond donors (Lipinski definition) is 4. The normalized spacial score (nSPS) is 14.0. The van der Waals surface area contributed by atoms with Crippen molar-refractivity contribution in [2.75, 3.05) is 0 Å². The lowest BCUT2D eigenvalue weighted by atomic mass is 9.96. The van der Waals surface area contributed by atoms with Crippen LogP contribution >= 0.6 is 7.82 Å². The maximum atomic E-state index is 10.8. The molecule has 0 aromatic heterocycles. The van der Waals surface area contributed by atoms with E-state index in [0.717, 1.165) is 19.3 Å². The fraction of sp³-hybridized carbons (Fsp3) is 1.00. The van der Waals surface area contributed by atoms with Crippen LogP contribution in [-0.4, -0.2) is 26.6 Å². The van der Waals surface area contributed by atoms with E-state index in [1.807, 2.05) is 0 Å². The van der Waals surface area contributed by atoms with E-state index in [1.54, 1.807) is 0 Å². The van der Waals surface area contributed by atoms with E-state index in [-0.39, 0.29) is 6.15 Å². The first-order chi connectivity index (χ1) is 8.17. The molecule has 0 amide bonds. The summed E-state index contributed by atoms with van der Waals surface area (Å²) in [6.07, 6.45) is 6.13. The van der Waals surface area contributed by atoms with Crippen LogP contribution in [0.4, 0.5) is 0 Å². The summed E-state index contributed by atoms with van der Waals surface area (Å²) in [4.78, 5) is 17.6. The quantitative estimate of drug-likeness (QED) is 0.363. The van der Waals surface area contributed by atoms with Gasteiger partial charge in [0.1, 0.15) is 0 Å². The van der Waals surface area contributed by atoms with Crippen LogP contribution in [0.15, 0.2) is 0 Å². The van der Waals surface area contributed by atoms with Crippen LogP contribution < -0.4 is 6.15 Å². The third-order valence-electron chi connectivity index (χ3n) is 2.87. The number of hydrogen-bond acceptors (Lipinski definition) is 4. The van der Waals surface area contributed by atoms with Crippen LogP contribution in [0.25, 0.3) is 0 Å². The van der Waals surface area contributed by atoms with Crippen molar-refractivity contribution >= 4 is 7.82 Å². The molecule has 0 bridgehead atoms. The van der Waals surface area contributed by atoms with Crippen LogP contribution in [0.5, 0.6) is 0 Å². The highest BCUT2D eigenvalue weighted by atomic mass is 31.2. The van der Waals surface area contributed by atoms with E-state index in [0.29, 0.717) is 6.42 Å². The summed E-state index contributed by atoms with van der Waals surface area (Å²) in [5.74, 6) is 0. The smallest absolute Gasteiger partial charge is 0.388 e. The van der Waals surface area contributed by atoms with E-state index in [4.69, 9.17) is 9.79 Å². The average molecular weight is 299 g/mol. The molecule has 0 heterocycles. The fourth-order valence-corrected chi connectivity index (χ4v) is 2.51. The van der Waals surface area contributed by atoms with Gasteiger partial charge in [-0.2, -0.15) is 0 Å². The zero-order valence-corrected chi connectivity index (χ0v) is 13.2. The lowest BCUT2D eigenvalue weighted by Gasteiger charge is -2.29. The number of unbranched alkanes of at least 4 members (excludes halogenated alkanes) is 5. The van der Waals surface area contributed by atoms with Gasteiger partial charge in [0, 0.05) is 0 Å². The van der Waals surface area contributed by atoms with Gasteiger partial charge in [0.05, 0.1) is 11.7 Å². The van der Waals surface area contributed by atoms with Gasteiger partial charge in [0.2, 0.25) is 0 Å². The number of phosphoric acid groups is 1. The molecule has 118 valence electrons. The van der Waals surface area contributed by atoms with Crippen LogP contribution in [-0.2, 0) is 9.09 Å². The fourth-order valence-electron chi connectivity index (χ4n) is 1.81. The van der Waals surface area contributed by atoms with Gasteiger partial charge in [-0.15, -0.1) is 0 Å². The molecule has 0 aromatic rings. The van der Waals surface area contributed by atoms with Gasteiger partial charge in [-0.3, -0.25) is 4.52 Å². The van der Waals surface area contributed by atoms with Crippen molar-refractivity contribution in [3.63, 3.8) is 0 Å². The molecule has 0 saturated carbocycles. The molecule has 6 nitrogen and oxygen atoms in total. The third kappa shape index (κ3) is 12.8. The minimum absolute atomic E-state index is 0. The summed E-state index contributed by atoms with van der Waals surface area (Å²) in [5.41, 5.74) is -1.25. The van der Waals surface area contributed by atoms with E-state index in [1.165, 1.54) is 33.1 Å². The molecule has 1 atom stereocenters. The third-order valence-corrected chi connectivity index (χ3v) is 3.40. The molecule has 0 aromatic carbocycles. The van der Waals surface area contributed by atoms with Crippen molar-refractivity contribution in [3.05, 3.63) is 0 Å². The summed E-state index contributed by atoms with van der Waals surface area (Å²) < 4.78 is 15.5. The molecule has 0 saturated heterocycles.